The zero-order valence-electron chi connectivity index (χ0n) is 17.2. The fourth-order valence-electron chi connectivity index (χ4n) is 4.87. The molecule has 1 amide bonds. The summed E-state index contributed by atoms with van der Waals surface area (Å²) in [5, 5.41) is 0.0811. The van der Waals surface area contributed by atoms with Gasteiger partial charge in [0.25, 0.3) is 0 Å². The monoisotopic (exact) mass is 429 g/mol. The number of para-hydroxylation sites is 1. The number of anilines is 1. The number of ether oxygens (including phenoxy) is 1. The molecule has 5 heteroatoms. The van der Waals surface area contributed by atoms with E-state index in [4.69, 9.17) is 4.74 Å². The molecule has 3 aromatic rings. The summed E-state index contributed by atoms with van der Waals surface area (Å²) in [5.74, 6) is -1.49. The second kappa shape index (κ2) is 7.89. The third-order valence-electron chi connectivity index (χ3n) is 6.18. The minimum atomic E-state index is -0.854. The van der Waals surface area contributed by atoms with Crippen LogP contribution in [0.15, 0.2) is 89.8 Å². The summed E-state index contributed by atoms with van der Waals surface area (Å²) in [5.41, 5.74) is 2.22. The van der Waals surface area contributed by atoms with Gasteiger partial charge in [0.05, 0.1) is 17.8 Å². The minimum absolute atomic E-state index is 0.0811. The summed E-state index contributed by atoms with van der Waals surface area (Å²) < 4.78 is 5.39. The number of amides is 1. The van der Waals surface area contributed by atoms with Gasteiger partial charge in [0, 0.05) is 10.1 Å². The van der Waals surface area contributed by atoms with Gasteiger partial charge in [-0.1, -0.05) is 72.8 Å². The molecule has 0 spiro atoms. The zero-order chi connectivity index (χ0) is 21.4. The molecule has 156 valence electrons. The molecule has 0 unspecified atom stereocenters. The smallest absolute Gasteiger partial charge is 0.321 e. The Balaban J connectivity index is 1.74. The Hall–Kier alpha value is -3.05. The summed E-state index contributed by atoms with van der Waals surface area (Å²) in [7, 11) is 0. The van der Waals surface area contributed by atoms with Gasteiger partial charge in [-0.25, -0.2) is 0 Å². The molecule has 3 atom stereocenters. The number of β-lactam (4-membered cyclic amide) rings is 1. The zero-order valence-corrected chi connectivity index (χ0v) is 18.0. The lowest BCUT2D eigenvalue weighted by Gasteiger charge is -2.56. The standard InChI is InChI=1S/C26H23NO3S/c1-2-30-25(29)23-24(28)27-20-15-9-10-16-21(20)31-22(18-11-5-3-6-12-18)17-26(23,27)19-13-7-4-8-14-19/h3-16,22-23H,2,17H2,1H3/t22-,23+,26-/m1/s1. The van der Waals surface area contributed by atoms with Crippen molar-refractivity contribution in [2.45, 2.75) is 29.0 Å². The summed E-state index contributed by atoms with van der Waals surface area (Å²) in [6.45, 7) is 2.03. The highest BCUT2D eigenvalue weighted by molar-refractivity contribution is 7.99. The van der Waals surface area contributed by atoms with Crippen LogP contribution in [0.4, 0.5) is 5.69 Å². The van der Waals surface area contributed by atoms with Gasteiger partial charge in [0.2, 0.25) is 5.91 Å². The second-order valence-corrected chi connectivity index (χ2v) is 9.08. The average Bonchev–Trinajstić information content (AvgIpc) is 2.93. The van der Waals surface area contributed by atoms with Gasteiger partial charge in [-0.15, -0.1) is 11.8 Å². The van der Waals surface area contributed by atoms with E-state index < -0.39 is 17.4 Å². The first-order valence-electron chi connectivity index (χ1n) is 10.5. The molecule has 0 aliphatic carbocycles. The van der Waals surface area contributed by atoms with Crippen molar-refractivity contribution in [3.05, 3.63) is 96.1 Å². The number of carbonyl (C=O) groups is 2. The fraction of sp³-hybridized carbons (Fsp3) is 0.231. The van der Waals surface area contributed by atoms with Crippen molar-refractivity contribution in [2.24, 2.45) is 5.92 Å². The van der Waals surface area contributed by atoms with E-state index in [1.54, 1.807) is 18.7 Å². The highest BCUT2D eigenvalue weighted by Crippen LogP contribution is 2.61. The van der Waals surface area contributed by atoms with Crippen LogP contribution < -0.4 is 4.90 Å². The summed E-state index contributed by atoms with van der Waals surface area (Å²) in [6, 6.07) is 28.2. The van der Waals surface area contributed by atoms with Gasteiger partial charge in [-0.3, -0.25) is 14.5 Å². The Bertz CT molecular complexity index is 1120. The Morgan fingerprint density at radius 1 is 1.00 bits per heavy atom. The Morgan fingerprint density at radius 2 is 1.65 bits per heavy atom. The molecule has 2 aliphatic rings. The number of fused-ring (bicyclic) bond motifs is 3. The molecule has 5 rings (SSSR count). The molecule has 0 saturated carbocycles. The highest BCUT2D eigenvalue weighted by Gasteiger charge is 2.67. The van der Waals surface area contributed by atoms with Crippen LogP contribution in [0.25, 0.3) is 0 Å². The molecular weight excluding hydrogens is 406 g/mol. The predicted molar refractivity (Wildman–Crippen MR) is 122 cm³/mol. The number of benzene rings is 3. The van der Waals surface area contributed by atoms with Crippen LogP contribution >= 0.6 is 11.8 Å². The van der Waals surface area contributed by atoms with Crippen molar-refractivity contribution in [2.75, 3.05) is 11.5 Å². The van der Waals surface area contributed by atoms with E-state index in [2.05, 4.69) is 18.2 Å². The predicted octanol–water partition coefficient (Wildman–Crippen LogP) is 5.35. The van der Waals surface area contributed by atoms with Crippen LogP contribution in [0.3, 0.4) is 0 Å². The molecule has 0 radical (unpaired) electrons. The van der Waals surface area contributed by atoms with E-state index in [0.717, 1.165) is 16.1 Å². The summed E-state index contributed by atoms with van der Waals surface area (Å²) in [4.78, 5) is 29.4. The topological polar surface area (TPSA) is 46.6 Å². The molecule has 0 N–H and O–H groups in total. The SMILES string of the molecule is CCOC(=O)[C@@H]1C(=O)N2c3ccccc3S[C@@H](c3ccccc3)C[C@@]12c1ccccc1. The van der Waals surface area contributed by atoms with E-state index in [1.807, 2.05) is 71.6 Å². The van der Waals surface area contributed by atoms with Crippen LogP contribution in [0.2, 0.25) is 0 Å². The average molecular weight is 430 g/mol. The van der Waals surface area contributed by atoms with Crippen molar-refractivity contribution in [3.63, 3.8) is 0 Å². The number of rotatable bonds is 4. The van der Waals surface area contributed by atoms with Crippen LogP contribution in [-0.2, 0) is 19.9 Å². The summed E-state index contributed by atoms with van der Waals surface area (Å²) >= 11 is 1.75. The quantitative estimate of drug-likeness (QED) is 0.319. The first-order valence-corrected chi connectivity index (χ1v) is 11.4. The highest BCUT2D eigenvalue weighted by atomic mass is 32.2. The first-order chi connectivity index (χ1) is 15.2. The molecule has 3 aromatic carbocycles. The lowest BCUT2D eigenvalue weighted by atomic mass is 9.65. The normalized spacial score (nSPS) is 24.4. The van der Waals surface area contributed by atoms with Gasteiger partial charge < -0.3 is 4.74 Å². The van der Waals surface area contributed by atoms with Crippen LogP contribution in [-0.4, -0.2) is 18.5 Å². The Morgan fingerprint density at radius 3 is 2.35 bits per heavy atom. The number of hydrogen-bond acceptors (Lipinski definition) is 4. The van der Waals surface area contributed by atoms with Crippen LogP contribution in [0.5, 0.6) is 0 Å². The van der Waals surface area contributed by atoms with Crippen LogP contribution in [0, 0.1) is 5.92 Å². The van der Waals surface area contributed by atoms with Crippen molar-refractivity contribution in [1.29, 1.82) is 0 Å². The van der Waals surface area contributed by atoms with Crippen molar-refractivity contribution < 1.29 is 14.3 Å². The van der Waals surface area contributed by atoms with Gasteiger partial charge in [0.1, 0.15) is 0 Å². The Labute approximate surface area is 186 Å². The number of hydrogen-bond donors (Lipinski definition) is 0. The maximum atomic E-state index is 13.5. The molecular formula is C26H23NO3S. The maximum absolute atomic E-state index is 13.5. The van der Waals surface area contributed by atoms with E-state index in [1.165, 1.54) is 5.56 Å². The van der Waals surface area contributed by atoms with Crippen LogP contribution in [0.1, 0.15) is 29.7 Å². The third-order valence-corrected chi connectivity index (χ3v) is 7.51. The summed E-state index contributed by atoms with van der Waals surface area (Å²) in [6.07, 6.45) is 0.621. The van der Waals surface area contributed by atoms with Gasteiger partial charge in [0.15, 0.2) is 5.92 Å². The number of nitrogens with zero attached hydrogens (tertiary/aromatic N) is 1. The minimum Gasteiger partial charge on any atom is -0.465 e. The molecule has 0 bridgehead atoms. The lowest BCUT2D eigenvalue weighted by Crippen LogP contribution is -2.71. The molecule has 2 heterocycles. The molecule has 31 heavy (non-hydrogen) atoms. The van der Waals surface area contributed by atoms with Crippen molar-refractivity contribution in [3.8, 4) is 0 Å². The molecule has 0 aromatic heterocycles. The molecule has 1 saturated heterocycles. The van der Waals surface area contributed by atoms with Gasteiger partial charge in [-0.05, 0) is 36.6 Å². The van der Waals surface area contributed by atoms with Gasteiger partial charge >= 0.3 is 5.97 Å². The second-order valence-electron chi connectivity index (χ2n) is 7.84. The van der Waals surface area contributed by atoms with E-state index in [9.17, 15) is 9.59 Å². The van der Waals surface area contributed by atoms with Crippen molar-refractivity contribution >= 4 is 29.3 Å². The van der Waals surface area contributed by atoms with E-state index in [0.29, 0.717) is 6.42 Å². The maximum Gasteiger partial charge on any atom is 0.321 e. The molecule has 2 aliphatic heterocycles. The molecule has 4 nitrogen and oxygen atoms in total. The third kappa shape index (κ3) is 3.07. The number of thioether (sulfide) groups is 1. The Kier molecular flexibility index (Phi) is 5.06. The first kappa shape index (κ1) is 19.9. The van der Waals surface area contributed by atoms with Gasteiger partial charge in [-0.2, -0.15) is 0 Å². The lowest BCUT2D eigenvalue weighted by molar-refractivity contribution is -0.162. The van der Waals surface area contributed by atoms with Crippen molar-refractivity contribution in [1.82, 2.24) is 0 Å². The molecule has 1 fully saturated rings. The fourth-order valence-corrected chi connectivity index (χ4v) is 6.24. The number of carbonyl (C=O) groups excluding carboxylic acids is 2. The van der Waals surface area contributed by atoms with E-state index >= 15 is 0 Å². The van der Waals surface area contributed by atoms with E-state index in [-0.39, 0.29) is 17.8 Å². The number of esters is 1. The largest absolute Gasteiger partial charge is 0.465 e.